The molecular weight excluding hydrogens is 217 g/mol. The predicted octanol–water partition coefficient (Wildman–Crippen LogP) is 3.14. The Balaban J connectivity index is 2.13. The summed E-state index contributed by atoms with van der Waals surface area (Å²) < 4.78 is 13.0. The lowest BCUT2D eigenvalue weighted by Crippen LogP contribution is -2.10. The lowest BCUT2D eigenvalue weighted by atomic mass is 10.0. The highest BCUT2D eigenvalue weighted by Crippen LogP contribution is 2.29. The Morgan fingerprint density at radius 2 is 1.76 bits per heavy atom. The van der Waals surface area contributed by atoms with Crippen molar-refractivity contribution in [3.05, 3.63) is 65.5 Å². The first-order valence-electron chi connectivity index (χ1n) is 5.24. The highest BCUT2D eigenvalue weighted by Gasteiger charge is 2.25. The molecule has 0 bridgehead atoms. The first kappa shape index (κ1) is 9.90. The summed E-state index contributed by atoms with van der Waals surface area (Å²) in [6, 6.07) is 13.2. The van der Waals surface area contributed by atoms with E-state index in [1.54, 1.807) is 0 Å². The van der Waals surface area contributed by atoms with Crippen LogP contribution in [0.4, 0.5) is 10.1 Å². The van der Waals surface area contributed by atoms with E-state index >= 15 is 0 Å². The normalized spacial score (nSPS) is 13.5. The van der Waals surface area contributed by atoms with Crippen LogP contribution in [0.15, 0.2) is 53.5 Å². The number of halogens is 1. The molecule has 0 unspecified atom stereocenters. The van der Waals surface area contributed by atoms with E-state index in [2.05, 4.69) is 4.99 Å². The molecule has 2 aromatic rings. The van der Waals surface area contributed by atoms with Crippen LogP contribution in [0, 0.1) is 5.82 Å². The van der Waals surface area contributed by atoms with Gasteiger partial charge in [0.2, 0.25) is 5.78 Å². The second kappa shape index (κ2) is 3.63. The summed E-state index contributed by atoms with van der Waals surface area (Å²) in [6.45, 7) is 0. The molecule has 3 heteroatoms. The van der Waals surface area contributed by atoms with Gasteiger partial charge in [0, 0.05) is 11.6 Å². The Bertz CT molecular complexity index is 632. The monoisotopic (exact) mass is 225 g/mol. The van der Waals surface area contributed by atoms with Gasteiger partial charge >= 0.3 is 0 Å². The minimum absolute atomic E-state index is 0.147. The van der Waals surface area contributed by atoms with Crippen LogP contribution in [-0.4, -0.2) is 11.5 Å². The van der Waals surface area contributed by atoms with E-state index in [0.717, 1.165) is 5.56 Å². The molecular formula is C14H8FNO. The number of aliphatic imine (C=N–C) groups is 1. The maximum atomic E-state index is 13.0. The van der Waals surface area contributed by atoms with Gasteiger partial charge in [0.1, 0.15) is 11.5 Å². The van der Waals surface area contributed by atoms with Gasteiger partial charge in [-0.1, -0.05) is 30.3 Å². The molecule has 0 saturated heterocycles. The van der Waals surface area contributed by atoms with E-state index in [9.17, 15) is 9.18 Å². The molecule has 1 aliphatic rings. The fourth-order valence-electron chi connectivity index (χ4n) is 1.88. The Morgan fingerprint density at radius 1 is 1.00 bits per heavy atom. The van der Waals surface area contributed by atoms with Crippen molar-refractivity contribution in [1.82, 2.24) is 0 Å². The molecule has 0 radical (unpaired) electrons. The van der Waals surface area contributed by atoms with E-state index in [1.807, 2.05) is 30.3 Å². The van der Waals surface area contributed by atoms with Crippen molar-refractivity contribution < 1.29 is 9.18 Å². The highest BCUT2D eigenvalue weighted by atomic mass is 19.1. The largest absolute Gasteiger partial charge is 0.287 e. The summed E-state index contributed by atoms with van der Waals surface area (Å²) >= 11 is 0. The van der Waals surface area contributed by atoms with E-state index in [4.69, 9.17) is 0 Å². The van der Waals surface area contributed by atoms with Gasteiger partial charge in [-0.05, 0) is 12.1 Å². The summed E-state index contributed by atoms with van der Waals surface area (Å²) in [5, 5.41) is 0. The third kappa shape index (κ3) is 1.56. The summed E-state index contributed by atoms with van der Waals surface area (Å²) in [7, 11) is 0. The fraction of sp³-hybridized carbons (Fsp3) is 0. The number of benzene rings is 2. The number of ketones is 1. The molecule has 0 saturated carbocycles. The van der Waals surface area contributed by atoms with Crippen molar-refractivity contribution in [2.45, 2.75) is 0 Å². The van der Waals surface area contributed by atoms with Crippen LogP contribution < -0.4 is 0 Å². The van der Waals surface area contributed by atoms with Gasteiger partial charge in [0.25, 0.3) is 0 Å². The smallest absolute Gasteiger partial charge is 0.214 e. The van der Waals surface area contributed by atoms with Crippen LogP contribution in [0.3, 0.4) is 0 Å². The average Bonchev–Trinajstić information content (AvgIpc) is 2.67. The molecule has 3 rings (SSSR count). The third-order valence-corrected chi connectivity index (χ3v) is 2.70. The molecule has 0 amide bonds. The van der Waals surface area contributed by atoms with Crippen molar-refractivity contribution in [2.24, 2.45) is 4.99 Å². The summed E-state index contributed by atoms with van der Waals surface area (Å²) in [5.74, 6) is -0.527. The van der Waals surface area contributed by atoms with Gasteiger partial charge in [0.05, 0.1) is 11.3 Å². The Morgan fingerprint density at radius 3 is 2.53 bits per heavy atom. The van der Waals surface area contributed by atoms with Gasteiger partial charge in [0.15, 0.2) is 0 Å². The number of nitrogens with zero attached hydrogens (tertiary/aromatic N) is 1. The quantitative estimate of drug-likeness (QED) is 0.733. The third-order valence-electron chi connectivity index (χ3n) is 2.70. The second-order valence-electron chi connectivity index (χ2n) is 3.82. The number of hydrogen-bond donors (Lipinski definition) is 0. The zero-order valence-electron chi connectivity index (χ0n) is 8.85. The van der Waals surface area contributed by atoms with E-state index in [0.29, 0.717) is 17.0 Å². The highest BCUT2D eigenvalue weighted by molar-refractivity contribution is 6.54. The Kier molecular flexibility index (Phi) is 2.11. The summed E-state index contributed by atoms with van der Waals surface area (Å²) in [6.07, 6.45) is 0. The fourth-order valence-corrected chi connectivity index (χ4v) is 1.88. The van der Waals surface area contributed by atoms with E-state index in [1.165, 1.54) is 18.2 Å². The van der Waals surface area contributed by atoms with E-state index < -0.39 is 0 Å². The molecule has 82 valence electrons. The standard InChI is InChI=1S/C14H8FNO/c15-10-6-7-11-12(8-10)16-13(14(11)17)9-4-2-1-3-5-9/h1-8H. The Hall–Kier alpha value is -2.29. The zero-order chi connectivity index (χ0) is 11.8. The van der Waals surface area contributed by atoms with Crippen molar-refractivity contribution >= 4 is 17.2 Å². The van der Waals surface area contributed by atoms with E-state index in [-0.39, 0.29) is 11.6 Å². The summed E-state index contributed by atoms with van der Waals surface area (Å²) in [4.78, 5) is 16.2. The number of hydrogen-bond acceptors (Lipinski definition) is 2. The van der Waals surface area contributed by atoms with Gasteiger partial charge in [-0.15, -0.1) is 0 Å². The zero-order valence-corrected chi connectivity index (χ0v) is 8.85. The van der Waals surface area contributed by atoms with Gasteiger partial charge in [-0.2, -0.15) is 0 Å². The van der Waals surface area contributed by atoms with Crippen molar-refractivity contribution in [1.29, 1.82) is 0 Å². The topological polar surface area (TPSA) is 29.4 Å². The van der Waals surface area contributed by atoms with Gasteiger partial charge < -0.3 is 0 Å². The van der Waals surface area contributed by atoms with Crippen LogP contribution in [0.1, 0.15) is 15.9 Å². The average molecular weight is 225 g/mol. The maximum absolute atomic E-state index is 13.0. The number of rotatable bonds is 1. The summed E-state index contributed by atoms with van der Waals surface area (Å²) in [5.41, 5.74) is 2.01. The van der Waals surface area contributed by atoms with Gasteiger partial charge in [-0.25, -0.2) is 9.38 Å². The number of carbonyl (C=O) groups is 1. The molecule has 0 N–H and O–H groups in total. The second-order valence-corrected chi connectivity index (χ2v) is 3.82. The molecule has 0 aromatic heterocycles. The molecule has 1 aliphatic heterocycles. The molecule has 1 heterocycles. The van der Waals surface area contributed by atoms with Crippen LogP contribution in [0.25, 0.3) is 0 Å². The van der Waals surface area contributed by atoms with Crippen molar-refractivity contribution in [3.8, 4) is 0 Å². The first-order valence-corrected chi connectivity index (χ1v) is 5.24. The van der Waals surface area contributed by atoms with Crippen molar-refractivity contribution in [2.75, 3.05) is 0 Å². The first-order chi connectivity index (χ1) is 8.25. The van der Waals surface area contributed by atoms with Crippen LogP contribution in [0.5, 0.6) is 0 Å². The predicted molar refractivity (Wildman–Crippen MR) is 63.4 cm³/mol. The van der Waals surface area contributed by atoms with Crippen LogP contribution in [0.2, 0.25) is 0 Å². The van der Waals surface area contributed by atoms with Crippen molar-refractivity contribution in [3.63, 3.8) is 0 Å². The lowest BCUT2D eigenvalue weighted by Gasteiger charge is -1.97. The van der Waals surface area contributed by atoms with Crippen LogP contribution in [-0.2, 0) is 0 Å². The molecule has 2 nitrogen and oxygen atoms in total. The number of Topliss-reactive ketones (excluding diaryl/α,β-unsaturated/α-hetero) is 1. The molecule has 0 fully saturated rings. The lowest BCUT2D eigenvalue weighted by molar-refractivity contribution is 0.107. The number of fused-ring (bicyclic) bond motifs is 1. The molecule has 0 atom stereocenters. The molecule has 17 heavy (non-hydrogen) atoms. The Labute approximate surface area is 97.4 Å². The van der Waals surface area contributed by atoms with Crippen LogP contribution >= 0.6 is 0 Å². The molecule has 0 aliphatic carbocycles. The molecule has 2 aromatic carbocycles. The number of carbonyl (C=O) groups excluding carboxylic acids is 1. The SMILES string of the molecule is O=C1C(c2ccccc2)=Nc2cc(F)ccc21. The maximum Gasteiger partial charge on any atom is 0.214 e. The minimum Gasteiger partial charge on any atom is -0.287 e. The van der Waals surface area contributed by atoms with Gasteiger partial charge in [-0.3, -0.25) is 4.79 Å². The minimum atomic E-state index is -0.380. The molecule has 0 spiro atoms.